The van der Waals surface area contributed by atoms with E-state index in [4.69, 9.17) is 37.0 Å². The van der Waals surface area contributed by atoms with E-state index < -0.39 is 97.5 Å². The summed E-state index contributed by atoms with van der Waals surface area (Å²) in [7, 11) is -9.93. The zero-order valence-electron chi connectivity index (χ0n) is 70.3. The molecule has 0 amide bonds. The highest BCUT2D eigenvalue weighted by molar-refractivity contribution is 7.47. The summed E-state index contributed by atoms with van der Waals surface area (Å²) in [5, 5.41) is 10.7. The van der Waals surface area contributed by atoms with Crippen molar-refractivity contribution in [3.8, 4) is 0 Å². The molecular formula is C88H172O17P2. The van der Waals surface area contributed by atoms with Gasteiger partial charge in [0.2, 0.25) is 0 Å². The summed E-state index contributed by atoms with van der Waals surface area (Å²) in [6.45, 7) is 7.40. The number of aliphatic hydroxyl groups excluding tert-OH is 1. The second-order valence-corrected chi connectivity index (χ2v) is 35.0. The average Bonchev–Trinajstić information content (AvgIpc) is 0.914. The van der Waals surface area contributed by atoms with Crippen LogP contribution in [0.4, 0.5) is 0 Å². The Balaban J connectivity index is 5.24. The molecule has 0 aliphatic heterocycles. The molecule has 636 valence electrons. The second-order valence-electron chi connectivity index (χ2n) is 32.1. The maximum Gasteiger partial charge on any atom is 0.472 e. The molecule has 0 bridgehead atoms. The number of carbonyl (C=O) groups excluding carboxylic acids is 4. The molecule has 0 aromatic heterocycles. The van der Waals surface area contributed by atoms with Crippen LogP contribution in [0.25, 0.3) is 0 Å². The molecule has 0 saturated heterocycles. The summed E-state index contributed by atoms with van der Waals surface area (Å²) >= 11 is 0. The Hall–Kier alpha value is -1.94. The number of esters is 4. The van der Waals surface area contributed by atoms with Gasteiger partial charge in [0.1, 0.15) is 19.3 Å². The minimum absolute atomic E-state index is 0.109. The van der Waals surface area contributed by atoms with Gasteiger partial charge in [0, 0.05) is 25.7 Å². The molecule has 0 fully saturated rings. The molecule has 0 aromatic rings. The van der Waals surface area contributed by atoms with E-state index in [1.807, 2.05) is 0 Å². The average molecular weight is 1560 g/mol. The van der Waals surface area contributed by atoms with Crippen LogP contribution >= 0.6 is 15.6 Å². The SMILES string of the molecule is CCCCCCCCCCCCCCCCCCCCCCCCC(=O)O[C@H](COC(=O)CCCCCCCCCCCCCCCCC(C)C)COP(=O)(O)OC[C@@H](O)COP(=O)(O)OC[C@@H](COC(=O)CCCCCCCCCCCCCC)OC(=O)CCCCCCCCCCCCCCCCCC. The van der Waals surface area contributed by atoms with Crippen molar-refractivity contribution >= 4 is 39.5 Å². The number of ether oxygens (including phenoxy) is 4. The predicted molar refractivity (Wildman–Crippen MR) is 442 cm³/mol. The molecule has 0 rings (SSSR count). The van der Waals surface area contributed by atoms with Crippen LogP contribution in [0.1, 0.15) is 478 Å². The van der Waals surface area contributed by atoms with Crippen molar-refractivity contribution < 1.29 is 80.2 Å². The van der Waals surface area contributed by atoms with Crippen molar-refractivity contribution in [3.05, 3.63) is 0 Å². The van der Waals surface area contributed by atoms with Crippen molar-refractivity contribution in [2.45, 2.75) is 496 Å². The maximum atomic E-state index is 13.2. The largest absolute Gasteiger partial charge is 0.472 e. The molecule has 0 saturated carbocycles. The summed E-state index contributed by atoms with van der Waals surface area (Å²) in [5.74, 6) is -1.30. The van der Waals surface area contributed by atoms with Crippen LogP contribution in [0.15, 0.2) is 0 Å². The molecule has 17 nitrogen and oxygen atoms in total. The summed E-state index contributed by atoms with van der Waals surface area (Å²) in [6, 6.07) is 0. The molecule has 0 heterocycles. The summed E-state index contributed by atoms with van der Waals surface area (Å²) in [6.07, 6.45) is 75.0. The number of rotatable bonds is 88. The molecule has 2 unspecified atom stereocenters. The molecule has 0 spiro atoms. The van der Waals surface area contributed by atoms with Crippen molar-refractivity contribution in [3.63, 3.8) is 0 Å². The van der Waals surface area contributed by atoms with Crippen molar-refractivity contribution in [1.82, 2.24) is 0 Å². The Kier molecular flexibility index (Phi) is 79.2. The first kappa shape index (κ1) is 105. The first-order chi connectivity index (χ1) is 52.0. The molecule has 0 radical (unpaired) electrons. The molecule has 0 aliphatic rings. The third-order valence-electron chi connectivity index (χ3n) is 20.8. The Bertz CT molecular complexity index is 2030. The maximum absolute atomic E-state index is 13.2. The van der Waals surface area contributed by atoms with E-state index >= 15 is 0 Å². The number of phosphoric acid groups is 2. The van der Waals surface area contributed by atoms with E-state index in [2.05, 4.69) is 34.6 Å². The van der Waals surface area contributed by atoms with Crippen LogP contribution in [-0.4, -0.2) is 96.7 Å². The number of unbranched alkanes of at least 4 members (excludes halogenated alkanes) is 60. The van der Waals surface area contributed by atoms with Gasteiger partial charge in [-0.05, 0) is 31.6 Å². The first-order valence-corrected chi connectivity index (χ1v) is 48.6. The van der Waals surface area contributed by atoms with E-state index in [0.29, 0.717) is 25.7 Å². The van der Waals surface area contributed by atoms with Crippen LogP contribution in [-0.2, 0) is 65.4 Å². The van der Waals surface area contributed by atoms with E-state index in [-0.39, 0.29) is 25.7 Å². The molecule has 5 atom stereocenters. The third-order valence-corrected chi connectivity index (χ3v) is 22.7. The molecule has 0 aliphatic carbocycles. The van der Waals surface area contributed by atoms with Crippen molar-refractivity contribution in [2.75, 3.05) is 39.6 Å². The van der Waals surface area contributed by atoms with Crippen LogP contribution in [0.3, 0.4) is 0 Å². The lowest BCUT2D eigenvalue weighted by atomic mass is 10.0. The van der Waals surface area contributed by atoms with Gasteiger partial charge in [0.05, 0.1) is 26.4 Å². The minimum Gasteiger partial charge on any atom is -0.462 e. The number of aliphatic hydroxyl groups is 1. The summed E-state index contributed by atoms with van der Waals surface area (Å²) < 4.78 is 69.0. The molecule has 0 aromatic carbocycles. The van der Waals surface area contributed by atoms with E-state index in [9.17, 15) is 43.2 Å². The summed E-state index contributed by atoms with van der Waals surface area (Å²) in [5.41, 5.74) is 0. The van der Waals surface area contributed by atoms with Crippen molar-refractivity contribution in [2.24, 2.45) is 5.92 Å². The van der Waals surface area contributed by atoms with Crippen LogP contribution < -0.4 is 0 Å². The van der Waals surface area contributed by atoms with Gasteiger partial charge in [-0.3, -0.25) is 37.3 Å². The van der Waals surface area contributed by atoms with E-state index in [1.54, 1.807) is 0 Å². The molecule has 107 heavy (non-hydrogen) atoms. The second kappa shape index (κ2) is 80.7. The van der Waals surface area contributed by atoms with E-state index in [0.717, 1.165) is 95.8 Å². The van der Waals surface area contributed by atoms with Gasteiger partial charge in [-0.15, -0.1) is 0 Å². The number of hydrogen-bond donors (Lipinski definition) is 3. The number of hydrogen-bond acceptors (Lipinski definition) is 15. The Morgan fingerprint density at radius 1 is 0.252 bits per heavy atom. The first-order valence-electron chi connectivity index (χ1n) is 45.6. The fourth-order valence-corrected chi connectivity index (χ4v) is 15.4. The fraction of sp³-hybridized carbons (Fsp3) is 0.955. The van der Waals surface area contributed by atoms with Crippen molar-refractivity contribution in [1.29, 1.82) is 0 Å². The predicted octanol–water partition coefficient (Wildman–Crippen LogP) is 27.2. The van der Waals surface area contributed by atoms with Gasteiger partial charge in [0.15, 0.2) is 12.2 Å². The van der Waals surface area contributed by atoms with Gasteiger partial charge in [-0.2, -0.15) is 0 Å². The quantitative estimate of drug-likeness (QED) is 0.0222. The Morgan fingerprint density at radius 3 is 0.636 bits per heavy atom. The number of phosphoric ester groups is 2. The molecule has 3 N–H and O–H groups in total. The lowest BCUT2D eigenvalue weighted by molar-refractivity contribution is -0.161. The zero-order chi connectivity index (χ0) is 78.3. The number of carbonyl (C=O) groups is 4. The van der Waals surface area contributed by atoms with Gasteiger partial charge in [-0.25, -0.2) is 9.13 Å². The highest BCUT2D eigenvalue weighted by Gasteiger charge is 2.30. The van der Waals surface area contributed by atoms with Gasteiger partial charge < -0.3 is 33.8 Å². The smallest absolute Gasteiger partial charge is 0.462 e. The summed E-state index contributed by atoms with van der Waals surface area (Å²) in [4.78, 5) is 73.3. The minimum atomic E-state index is -4.97. The van der Waals surface area contributed by atoms with Gasteiger partial charge in [-0.1, -0.05) is 426 Å². The van der Waals surface area contributed by atoms with E-state index in [1.165, 1.54) is 302 Å². The Morgan fingerprint density at radius 2 is 0.430 bits per heavy atom. The highest BCUT2D eigenvalue weighted by atomic mass is 31.2. The lowest BCUT2D eigenvalue weighted by Crippen LogP contribution is -2.30. The lowest BCUT2D eigenvalue weighted by Gasteiger charge is -2.21. The van der Waals surface area contributed by atoms with Crippen LogP contribution in [0, 0.1) is 5.92 Å². The van der Waals surface area contributed by atoms with Gasteiger partial charge in [0.25, 0.3) is 0 Å². The standard InChI is InChI=1S/C88H172O17P2/c1-6-9-12-15-18-21-24-27-29-31-32-33-34-35-36-38-44-49-54-59-64-69-74-88(93)105-84(78-99-86(91)72-67-62-57-52-47-42-40-39-41-45-50-55-60-65-70-81(4)5)80-103-107(96,97)101-76-82(89)75-100-106(94,95)102-79-83(77-98-85(90)71-66-61-56-51-46-26-23-20-17-14-11-8-3)104-87(92)73-68-63-58-53-48-43-37-30-28-25-22-19-16-13-10-7-2/h81-84,89H,6-80H2,1-5H3,(H,94,95)(H,96,97)/t82-,83+,84+/m0/s1. The molecular weight excluding hydrogens is 1390 g/mol. The third kappa shape index (κ3) is 81.9. The van der Waals surface area contributed by atoms with Crippen LogP contribution in [0.2, 0.25) is 0 Å². The van der Waals surface area contributed by atoms with Gasteiger partial charge >= 0.3 is 39.5 Å². The normalized spacial score (nSPS) is 13.7. The Labute approximate surface area is 658 Å². The molecule has 19 heteroatoms. The monoisotopic (exact) mass is 1560 g/mol. The zero-order valence-corrected chi connectivity index (χ0v) is 72.1. The van der Waals surface area contributed by atoms with Crippen LogP contribution in [0.5, 0.6) is 0 Å². The topological polar surface area (TPSA) is 237 Å². The fourth-order valence-electron chi connectivity index (χ4n) is 13.8. The highest BCUT2D eigenvalue weighted by Crippen LogP contribution is 2.45.